The molecule has 8 heteroatoms. The van der Waals surface area contributed by atoms with Crippen LogP contribution in [0, 0.1) is 6.92 Å². The number of hydrogen-bond acceptors (Lipinski definition) is 4. The smallest absolute Gasteiger partial charge is 0.352 e. The minimum atomic E-state index is -3.68. The highest BCUT2D eigenvalue weighted by Crippen LogP contribution is 2.29. The van der Waals surface area contributed by atoms with Crippen LogP contribution in [0.3, 0.4) is 0 Å². The summed E-state index contributed by atoms with van der Waals surface area (Å²) in [6.45, 7) is 1.83. The van der Waals surface area contributed by atoms with E-state index in [4.69, 9.17) is 5.11 Å². The molecule has 0 saturated carbocycles. The second-order valence-corrected chi connectivity index (χ2v) is 7.60. The SMILES string of the molecule is Cc1ccc(NS(=O)(=O)c2cccs2)c2[nH]c(C(=O)O)cc12. The molecule has 2 heterocycles. The Hall–Kier alpha value is -2.32. The summed E-state index contributed by atoms with van der Waals surface area (Å²) in [4.78, 5) is 13.8. The fourth-order valence-electron chi connectivity index (χ4n) is 2.17. The molecule has 0 fully saturated rings. The first-order valence-electron chi connectivity index (χ1n) is 6.30. The van der Waals surface area contributed by atoms with Crippen LogP contribution in [0.2, 0.25) is 0 Å². The number of aryl methyl sites for hydroxylation is 1. The summed E-state index contributed by atoms with van der Waals surface area (Å²) >= 11 is 1.11. The van der Waals surface area contributed by atoms with Gasteiger partial charge >= 0.3 is 5.97 Å². The van der Waals surface area contributed by atoms with Crippen LogP contribution in [-0.4, -0.2) is 24.5 Å². The van der Waals surface area contributed by atoms with Gasteiger partial charge in [0.25, 0.3) is 10.0 Å². The van der Waals surface area contributed by atoms with E-state index >= 15 is 0 Å². The molecule has 0 aliphatic heterocycles. The van der Waals surface area contributed by atoms with Crippen molar-refractivity contribution < 1.29 is 18.3 Å². The molecular formula is C14H12N2O4S2. The van der Waals surface area contributed by atoms with E-state index in [9.17, 15) is 13.2 Å². The number of hydrogen-bond donors (Lipinski definition) is 3. The highest BCUT2D eigenvalue weighted by molar-refractivity contribution is 7.94. The maximum atomic E-state index is 12.3. The van der Waals surface area contributed by atoms with Gasteiger partial charge in [-0.25, -0.2) is 13.2 Å². The number of nitrogens with one attached hydrogen (secondary N) is 2. The average molecular weight is 336 g/mol. The summed E-state index contributed by atoms with van der Waals surface area (Å²) in [5.74, 6) is -1.09. The summed E-state index contributed by atoms with van der Waals surface area (Å²) in [7, 11) is -3.68. The lowest BCUT2D eigenvalue weighted by molar-refractivity contribution is 0.0691. The standard InChI is InChI=1S/C14H12N2O4S2/c1-8-4-5-10(13-9(8)7-11(15-13)14(17)18)16-22(19,20)12-3-2-6-21-12/h2-7,15-16H,1H3,(H,17,18). The fourth-order valence-corrected chi connectivity index (χ4v) is 4.24. The molecule has 0 aliphatic carbocycles. The van der Waals surface area contributed by atoms with Crippen molar-refractivity contribution in [2.24, 2.45) is 0 Å². The molecule has 2 aromatic heterocycles. The molecule has 0 saturated heterocycles. The van der Waals surface area contributed by atoms with E-state index in [1.54, 1.807) is 23.6 Å². The quantitative estimate of drug-likeness (QED) is 0.682. The number of rotatable bonds is 4. The molecule has 0 aliphatic rings. The second-order valence-electron chi connectivity index (χ2n) is 4.74. The van der Waals surface area contributed by atoms with Gasteiger partial charge in [-0.05, 0) is 36.1 Å². The van der Waals surface area contributed by atoms with Gasteiger partial charge in [0.15, 0.2) is 0 Å². The van der Waals surface area contributed by atoms with Crippen LogP contribution in [0.25, 0.3) is 10.9 Å². The lowest BCUT2D eigenvalue weighted by atomic mass is 10.1. The molecule has 0 radical (unpaired) electrons. The number of carboxylic acids is 1. The van der Waals surface area contributed by atoms with E-state index in [0.29, 0.717) is 16.6 Å². The van der Waals surface area contributed by atoms with E-state index in [0.717, 1.165) is 16.9 Å². The van der Waals surface area contributed by atoms with E-state index < -0.39 is 16.0 Å². The number of benzene rings is 1. The molecule has 114 valence electrons. The van der Waals surface area contributed by atoms with Gasteiger partial charge in [-0.3, -0.25) is 4.72 Å². The maximum Gasteiger partial charge on any atom is 0.352 e. The van der Waals surface area contributed by atoms with Gasteiger partial charge in [-0.2, -0.15) is 0 Å². The number of aromatic amines is 1. The molecule has 1 aromatic carbocycles. The van der Waals surface area contributed by atoms with Crippen molar-refractivity contribution in [1.82, 2.24) is 4.98 Å². The van der Waals surface area contributed by atoms with Gasteiger partial charge in [-0.15, -0.1) is 11.3 Å². The Bertz CT molecular complexity index is 956. The molecule has 3 N–H and O–H groups in total. The van der Waals surface area contributed by atoms with E-state index in [1.165, 1.54) is 12.1 Å². The summed E-state index contributed by atoms with van der Waals surface area (Å²) in [6.07, 6.45) is 0. The third-order valence-electron chi connectivity index (χ3n) is 3.25. The van der Waals surface area contributed by atoms with Crippen LogP contribution < -0.4 is 4.72 Å². The second kappa shape index (κ2) is 5.15. The monoisotopic (exact) mass is 336 g/mol. The lowest BCUT2D eigenvalue weighted by Gasteiger charge is -2.08. The average Bonchev–Trinajstić information content (AvgIpc) is 3.10. The minimum absolute atomic E-state index is 0.0147. The number of aromatic nitrogens is 1. The zero-order valence-corrected chi connectivity index (χ0v) is 13.1. The maximum absolute atomic E-state index is 12.3. The Labute approximate surface area is 130 Å². The molecule has 0 unspecified atom stereocenters. The zero-order valence-electron chi connectivity index (χ0n) is 11.5. The molecule has 6 nitrogen and oxygen atoms in total. The van der Waals surface area contributed by atoms with Gasteiger partial charge in [0.1, 0.15) is 9.90 Å². The Kier molecular flexibility index (Phi) is 3.42. The first kappa shape index (κ1) is 14.6. The predicted molar refractivity (Wildman–Crippen MR) is 85.1 cm³/mol. The van der Waals surface area contributed by atoms with Gasteiger partial charge in [0.2, 0.25) is 0 Å². The van der Waals surface area contributed by atoms with Crippen LogP contribution in [0.4, 0.5) is 5.69 Å². The summed E-state index contributed by atoms with van der Waals surface area (Å²) in [5, 5.41) is 11.4. The molecule has 3 rings (SSSR count). The molecular weight excluding hydrogens is 324 g/mol. The van der Waals surface area contributed by atoms with Crippen LogP contribution in [-0.2, 0) is 10.0 Å². The number of fused-ring (bicyclic) bond motifs is 1. The van der Waals surface area contributed by atoms with Crippen molar-refractivity contribution in [1.29, 1.82) is 0 Å². The number of aromatic carboxylic acids is 1. The summed E-state index contributed by atoms with van der Waals surface area (Å²) in [5.41, 5.74) is 1.65. The van der Waals surface area contributed by atoms with Crippen molar-refractivity contribution in [3.05, 3.63) is 47.0 Å². The molecule has 0 amide bonds. The van der Waals surface area contributed by atoms with Crippen LogP contribution >= 0.6 is 11.3 Å². The van der Waals surface area contributed by atoms with Gasteiger partial charge in [0, 0.05) is 5.39 Å². The third kappa shape index (κ3) is 2.46. The predicted octanol–water partition coefficient (Wildman–Crippen LogP) is 3.04. The Balaban J connectivity index is 2.12. The van der Waals surface area contributed by atoms with Crippen LogP contribution in [0.1, 0.15) is 16.1 Å². The van der Waals surface area contributed by atoms with Gasteiger partial charge in [-0.1, -0.05) is 12.1 Å². The van der Waals surface area contributed by atoms with Crippen LogP contribution in [0.5, 0.6) is 0 Å². The van der Waals surface area contributed by atoms with E-state index in [2.05, 4.69) is 9.71 Å². The normalized spacial score (nSPS) is 11.7. The van der Waals surface area contributed by atoms with E-state index in [1.807, 2.05) is 6.92 Å². The Morgan fingerprint density at radius 2 is 2.09 bits per heavy atom. The minimum Gasteiger partial charge on any atom is -0.477 e. The highest BCUT2D eigenvalue weighted by Gasteiger charge is 2.18. The summed E-state index contributed by atoms with van der Waals surface area (Å²) in [6, 6.07) is 8.02. The lowest BCUT2D eigenvalue weighted by Crippen LogP contribution is -2.11. The molecule has 22 heavy (non-hydrogen) atoms. The van der Waals surface area contributed by atoms with Crippen molar-refractivity contribution in [3.8, 4) is 0 Å². The third-order valence-corrected chi connectivity index (χ3v) is 6.01. The van der Waals surface area contributed by atoms with Crippen LogP contribution in [0.15, 0.2) is 39.9 Å². The van der Waals surface area contributed by atoms with Crippen molar-refractivity contribution in [2.75, 3.05) is 4.72 Å². The van der Waals surface area contributed by atoms with Gasteiger partial charge < -0.3 is 10.1 Å². The van der Waals surface area contributed by atoms with Crippen molar-refractivity contribution in [3.63, 3.8) is 0 Å². The number of anilines is 1. The number of thiophene rings is 1. The van der Waals surface area contributed by atoms with E-state index in [-0.39, 0.29) is 9.90 Å². The first-order valence-corrected chi connectivity index (χ1v) is 8.67. The molecule has 0 spiro atoms. The molecule has 0 atom stereocenters. The van der Waals surface area contributed by atoms with Gasteiger partial charge in [0.05, 0.1) is 11.2 Å². The molecule has 0 bridgehead atoms. The number of H-pyrrole nitrogens is 1. The topological polar surface area (TPSA) is 99.3 Å². The highest BCUT2D eigenvalue weighted by atomic mass is 32.2. The number of carbonyl (C=O) groups is 1. The number of sulfonamides is 1. The Morgan fingerprint density at radius 1 is 1.32 bits per heavy atom. The Morgan fingerprint density at radius 3 is 2.73 bits per heavy atom. The molecule has 3 aromatic rings. The van der Waals surface area contributed by atoms with Crippen molar-refractivity contribution in [2.45, 2.75) is 11.1 Å². The largest absolute Gasteiger partial charge is 0.477 e. The zero-order chi connectivity index (χ0) is 15.9. The first-order chi connectivity index (χ1) is 10.4. The fraction of sp³-hybridized carbons (Fsp3) is 0.0714. The summed E-state index contributed by atoms with van der Waals surface area (Å²) < 4.78 is 27.3. The number of carboxylic acid groups (broad SMARTS) is 1. The van der Waals surface area contributed by atoms with Crippen molar-refractivity contribution >= 4 is 43.9 Å².